The summed E-state index contributed by atoms with van der Waals surface area (Å²) in [7, 11) is 2.05. The topological polar surface area (TPSA) is 21.3 Å². The zero-order chi connectivity index (χ0) is 13.3. The summed E-state index contributed by atoms with van der Waals surface area (Å²) in [4.78, 5) is 0. The van der Waals surface area contributed by atoms with Crippen molar-refractivity contribution >= 4 is 0 Å². The highest BCUT2D eigenvalue weighted by Crippen LogP contribution is 2.46. The standard InChI is InChI=1S/C16H25NO/c1-6-16(4)14(17-5)10-15(16)18-13-9-7-8-11(2)12(13)3/h7-9,14-15,17H,6,10H2,1-5H3. The molecule has 0 spiro atoms. The Morgan fingerprint density at radius 2 is 2.11 bits per heavy atom. The van der Waals surface area contributed by atoms with Crippen molar-refractivity contribution in [3.63, 3.8) is 0 Å². The maximum Gasteiger partial charge on any atom is 0.122 e. The van der Waals surface area contributed by atoms with Gasteiger partial charge in [-0.3, -0.25) is 0 Å². The molecule has 1 fully saturated rings. The van der Waals surface area contributed by atoms with Gasteiger partial charge in [-0.2, -0.15) is 0 Å². The molecule has 0 radical (unpaired) electrons. The lowest BCUT2D eigenvalue weighted by atomic mass is 9.61. The summed E-state index contributed by atoms with van der Waals surface area (Å²) in [5.74, 6) is 1.05. The second kappa shape index (κ2) is 4.93. The molecule has 1 saturated carbocycles. The van der Waals surface area contributed by atoms with E-state index in [-0.39, 0.29) is 5.41 Å². The van der Waals surface area contributed by atoms with E-state index in [1.807, 2.05) is 7.05 Å². The summed E-state index contributed by atoms with van der Waals surface area (Å²) < 4.78 is 6.26. The maximum atomic E-state index is 6.26. The van der Waals surface area contributed by atoms with Gasteiger partial charge in [0.05, 0.1) is 0 Å². The van der Waals surface area contributed by atoms with Crippen molar-refractivity contribution < 1.29 is 4.74 Å². The molecule has 0 amide bonds. The summed E-state index contributed by atoms with van der Waals surface area (Å²) in [6.45, 7) is 8.86. The number of aryl methyl sites for hydroxylation is 1. The molecule has 18 heavy (non-hydrogen) atoms. The molecule has 2 rings (SSSR count). The molecule has 3 unspecified atom stereocenters. The Bertz CT molecular complexity index is 429. The van der Waals surface area contributed by atoms with Crippen molar-refractivity contribution in [2.75, 3.05) is 7.05 Å². The summed E-state index contributed by atoms with van der Waals surface area (Å²) in [5.41, 5.74) is 2.82. The van der Waals surface area contributed by atoms with E-state index < -0.39 is 0 Å². The highest BCUT2D eigenvalue weighted by molar-refractivity contribution is 5.38. The summed E-state index contributed by atoms with van der Waals surface area (Å²) >= 11 is 0. The molecule has 0 bridgehead atoms. The van der Waals surface area contributed by atoms with Crippen LogP contribution in [0.5, 0.6) is 5.75 Å². The third kappa shape index (κ3) is 2.03. The predicted octanol–water partition coefficient (Wildman–Crippen LogP) is 3.46. The van der Waals surface area contributed by atoms with Gasteiger partial charge in [-0.1, -0.05) is 26.0 Å². The van der Waals surface area contributed by atoms with Crippen LogP contribution in [0.15, 0.2) is 18.2 Å². The van der Waals surface area contributed by atoms with Crippen LogP contribution < -0.4 is 10.1 Å². The minimum absolute atomic E-state index is 0.255. The monoisotopic (exact) mass is 247 g/mol. The van der Waals surface area contributed by atoms with Gasteiger partial charge in [0.2, 0.25) is 0 Å². The Morgan fingerprint density at radius 1 is 1.39 bits per heavy atom. The van der Waals surface area contributed by atoms with E-state index in [4.69, 9.17) is 4.74 Å². The first-order valence-electron chi connectivity index (χ1n) is 6.93. The first-order chi connectivity index (χ1) is 8.52. The number of rotatable bonds is 4. The largest absolute Gasteiger partial charge is 0.489 e. The van der Waals surface area contributed by atoms with E-state index >= 15 is 0 Å². The Hall–Kier alpha value is -1.02. The molecule has 0 aromatic heterocycles. The average Bonchev–Trinajstić information content (AvgIpc) is 2.37. The van der Waals surface area contributed by atoms with Crippen LogP contribution >= 0.6 is 0 Å². The highest BCUT2D eigenvalue weighted by Gasteiger charge is 2.51. The first kappa shape index (κ1) is 13.4. The van der Waals surface area contributed by atoms with E-state index in [1.165, 1.54) is 11.1 Å². The third-order valence-corrected chi connectivity index (χ3v) is 4.92. The smallest absolute Gasteiger partial charge is 0.122 e. The van der Waals surface area contributed by atoms with Crippen LogP contribution in [-0.4, -0.2) is 19.2 Å². The zero-order valence-electron chi connectivity index (χ0n) is 12.2. The van der Waals surface area contributed by atoms with E-state index in [0.29, 0.717) is 12.1 Å². The first-order valence-corrected chi connectivity index (χ1v) is 6.93. The van der Waals surface area contributed by atoms with Gasteiger partial charge in [0.15, 0.2) is 0 Å². The van der Waals surface area contributed by atoms with Crippen LogP contribution in [0.3, 0.4) is 0 Å². The second-order valence-corrected chi connectivity index (χ2v) is 5.74. The second-order valence-electron chi connectivity index (χ2n) is 5.74. The lowest BCUT2D eigenvalue weighted by molar-refractivity contribution is -0.0680. The predicted molar refractivity (Wildman–Crippen MR) is 76.2 cm³/mol. The minimum Gasteiger partial charge on any atom is -0.489 e. The van der Waals surface area contributed by atoms with Crippen molar-refractivity contribution in [3.8, 4) is 5.75 Å². The SMILES string of the molecule is CCC1(C)C(NC)CC1Oc1cccc(C)c1C. The van der Waals surface area contributed by atoms with Gasteiger partial charge in [0.1, 0.15) is 11.9 Å². The minimum atomic E-state index is 0.255. The number of ether oxygens (including phenoxy) is 1. The fourth-order valence-electron chi connectivity index (χ4n) is 2.93. The lowest BCUT2D eigenvalue weighted by Gasteiger charge is -2.53. The number of benzene rings is 1. The van der Waals surface area contributed by atoms with Crippen LogP contribution in [0.1, 0.15) is 37.8 Å². The molecule has 1 aliphatic carbocycles. The van der Waals surface area contributed by atoms with E-state index in [2.05, 4.69) is 51.2 Å². The molecule has 2 nitrogen and oxygen atoms in total. The molecule has 1 N–H and O–H groups in total. The van der Waals surface area contributed by atoms with Gasteiger partial charge in [-0.05, 0) is 44.5 Å². The van der Waals surface area contributed by atoms with Gasteiger partial charge in [-0.15, -0.1) is 0 Å². The van der Waals surface area contributed by atoms with Gasteiger partial charge >= 0.3 is 0 Å². The molecule has 1 aromatic rings. The fraction of sp³-hybridized carbons (Fsp3) is 0.625. The quantitative estimate of drug-likeness (QED) is 0.879. The van der Waals surface area contributed by atoms with Crippen molar-refractivity contribution in [3.05, 3.63) is 29.3 Å². The Morgan fingerprint density at radius 3 is 2.72 bits per heavy atom. The normalized spacial score (nSPS) is 30.9. The molecular weight excluding hydrogens is 222 g/mol. The summed E-state index contributed by atoms with van der Waals surface area (Å²) in [6, 6.07) is 6.89. The molecule has 0 heterocycles. The maximum absolute atomic E-state index is 6.26. The lowest BCUT2D eigenvalue weighted by Crippen LogP contribution is -2.62. The van der Waals surface area contributed by atoms with Crippen LogP contribution in [0.25, 0.3) is 0 Å². The molecule has 1 aromatic carbocycles. The Balaban J connectivity index is 2.14. The fourth-order valence-corrected chi connectivity index (χ4v) is 2.93. The van der Waals surface area contributed by atoms with Crippen molar-refractivity contribution in [2.45, 2.75) is 52.7 Å². The molecule has 0 aliphatic heterocycles. The van der Waals surface area contributed by atoms with Gasteiger partial charge in [-0.25, -0.2) is 0 Å². The Labute approximate surface area is 111 Å². The molecule has 0 saturated heterocycles. The van der Waals surface area contributed by atoms with Gasteiger partial charge in [0, 0.05) is 17.9 Å². The highest BCUT2D eigenvalue weighted by atomic mass is 16.5. The van der Waals surface area contributed by atoms with Gasteiger partial charge < -0.3 is 10.1 Å². The van der Waals surface area contributed by atoms with Crippen LogP contribution in [0, 0.1) is 19.3 Å². The Kier molecular flexibility index (Phi) is 3.67. The molecule has 100 valence electrons. The van der Waals surface area contributed by atoms with Crippen LogP contribution in [-0.2, 0) is 0 Å². The zero-order valence-corrected chi connectivity index (χ0v) is 12.2. The van der Waals surface area contributed by atoms with Crippen LogP contribution in [0.4, 0.5) is 0 Å². The van der Waals surface area contributed by atoms with E-state index in [9.17, 15) is 0 Å². The van der Waals surface area contributed by atoms with Crippen molar-refractivity contribution in [1.82, 2.24) is 5.32 Å². The molecule has 3 atom stereocenters. The molecular formula is C16H25NO. The number of hydrogen-bond donors (Lipinski definition) is 1. The van der Waals surface area contributed by atoms with E-state index in [1.54, 1.807) is 0 Å². The van der Waals surface area contributed by atoms with Crippen molar-refractivity contribution in [1.29, 1.82) is 0 Å². The molecule has 2 heteroatoms. The van der Waals surface area contributed by atoms with E-state index in [0.717, 1.165) is 18.6 Å². The summed E-state index contributed by atoms with van der Waals surface area (Å²) in [6.07, 6.45) is 2.59. The number of hydrogen-bond acceptors (Lipinski definition) is 2. The number of nitrogens with one attached hydrogen (secondary N) is 1. The van der Waals surface area contributed by atoms with Gasteiger partial charge in [0.25, 0.3) is 0 Å². The summed E-state index contributed by atoms with van der Waals surface area (Å²) in [5, 5.41) is 3.40. The van der Waals surface area contributed by atoms with Crippen LogP contribution in [0.2, 0.25) is 0 Å². The average molecular weight is 247 g/mol. The third-order valence-electron chi connectivity index (χ3n) is 4.92. The molecule has 1 aliphatic rings. The van der Waals surface area contributed by atoms with Crippen molar-refractivity contribution in [2.24, 2.45) is 5.41 Å².